The molecular formula is C66H118O6. The van der Waals surface area contributed by atoms with Crippen molar-refractivity contribution in [3.8, 4) is 0 Å². The molecule has 0 spiro atoms. The lowest BCUT2D eigenvalue weighted by atomic mass is 10.0. The highest BCUT2D eigenvalue weighted by atomic mass is 16.6. The van der Waals surface area contributed by atoms with Crippen molar-refractivity contribution < 1.29 is 28.6 Å². The zero-order valence-electron chi connectivity index (χ0n) is 47.9. The Hall–Kier alpha value is -2.89. The molecule has 0 radical (unpaired) electrons. The van der Waals surface area contributed by atoms with Crippen LogP contribution < -0.4 is 0 Å². The molecule has 0 heterocycles. The van der Waals surface area contributed by atoms with Crippen LogP contribution in [0.3, 0.4) is 0 Å². The second kappa shape index (κ2) is 60.7. The number of carbonyl (C=O) groups excluding carboxylic acids is 3. The van der Waals surface area contributed by atoms with Crippen molar-refractivity contribution in [2.24, 2.45) is 0 Å². The van der Waals surface area contributed by atoms with E-state index in [1.807, 2.05) is 0 Å². The van der Waals surface area contributed by atoms with Crippen LogP contribution in [0, 0.1) is 0 Å². The predicted octanol–water partition coefficient (Wildman–Crippen LogP) is 21.2. The predicted molar refractivity (Wildman–Crippen MR) is 312 cm³/mol. The van der Waals surface area contributed by atoms with E-state index in [4.69, 9.17) is 14.2 Å². The van der Waals surface area contributed by atoms with Gasteiger partial charge in [-0.05, 0) is 103 Å². The first-order chi connectivity index (χ1) is 35.5. The zero-order chi connectivity index (χ0) is 52.2. The van der Waals surface area contributed by atoms with Gasteiger partial charge in [0, 0.05) is 19.3 Å². The molecule has 0 aliphatic rings. The molecule has 0 fully saturated rings. The molecule has 418 valence electrons. The summed E-state index contributed by atoms with van der Waals surface area (Å²) in [5.74, 6) is -0.906. The van der Waals surface area contributed by atoms with E-state index < -0.39 is 6.10 Å². The highest BCUT2D eigenvalue weighted by molar-refractivity contribution is 5.71. The summed E-state index contributed by atoms with van der Waals surface area (Å²) in [6, 6.07) is 0. The van der Waals surface area contributed by atoms with Crippen molar-refractivity contribution in [1.82, 2.24) is 0 Å². The molecule has 1 unspecified atom stereocenters. The summed E-state index contributed by atoms with van der Waals surface area (Å²) in [6.45, 7) is 6.53. The van der Waals surface area contributed by atoms with Crippen LogP contribution in [0.25, 0.3) is 0 Å². The van der Waals surface area contributed by atoms with E-state index in [1.54, 1.807) is 0 Å². The van der Waals surface area contributed by atoms with Crippen LogP contribution in [0.2, 0.25) is 0 Å². The van der Waals surface area contributed by atoms with Gasteiger partial charge in [-0.15, -0.1) is 0 Å². The maximum Gasteiger partial charge on any atom is 0.306 e. The van der Waals surface area contributed by atoms with E-state index in [1.165, 1.54) is 199 Å². The average Bonchev–Trinajstić information content (AvgIpc) is 3.38. The summed E-state index contributed by atoms with van der Waals surface area (Å²) in [5.41, 5.74) is 0. The molecule has 0 aliphatic carbocycles. The van der Waals surface area contributed by atoms with Crippen LogP contribution in [0.15, 0.2) is 60.8 Å². The van der Waals surface area contributed by atoms with Gasteiger partial charge in [-0.2, -0.15) is 0 Å². The Kier molecular flexibility index (Phi) is 58.2. The highest BCUT2D eigenvalue weighted by Crippen LogP contribution is 2.16. The highest BCUT2D eigenvalue weighted by Gasteiger charge is 2.19. The second-order valence-corrected chi connectivity index (χ2v) is 20.9. The van der Waals surface area contributed by atoms with Crippen LogP contribution in [0.1, 0.15) is 323 Å². The standard InChI is InChI=1S/C66H118O6/c1-4-7-10-13-16-19-22-25-27-29-31-32-33-34-35-37-38-41-44-47-50-53-56-59-65(68)71-62-63(61-70-64(67)58-55-52-49-46-43-40-24-21-18-15-12-9-6-3)72-66(69)60-57-54-51-48-45-42-39-36-30-28-26-23-20-17-14-11-8-5-2/h9,12,18,21,28-31,40,43,63H,4-8,10-11,13-17,19-20,22-27,32-39,41-42,44-62H2,1-3H3/b12-9-,21-18-,30-28-,31-29-,43-40-. The molecule has 0 bridgehead atoms. The number of carbonyl (C=O) groups is 3. The first-order valence-corrected chi connectivity index (χ1v) is 31.3. The third kappa shape index (κ3) is 58.0. The van der Waals surface area contributed by atoms with Crippen molar-refractivity contribution >= 4 is 17.9 Å². The lowest BCUT2D eigenvalue weighted by molar-refractivity contribution is -0.167. The number of ether oxygens (including phenoxy) is 3. The molecule has 6 nitrogen and oxygen atoms in total. The molecule has 0 amide bonds. The number of hydrogen-bond donors (Lipinski definition) is 0. The van der Waals surface area contributed by atoms with Crippen LogP contribution in [0.4, 0.5) is 0 Å². The number of unbranched alkanes of at least 4 members (excludes halogenated alkanes) is 36. The Balaban J connectivity index is 4.31. The van der Waals surface area contributed by atoms with E-state index in [2.05, 4.69) is 81.5 Å². The fourth-order valence-corrected chi connectivity index (χ4v) is 9.04. The number of hydrogen-bond acceptors (Lipinski definition) is 6. The van der Waals surface area contributed by atoms with Gasteiger partial charge >= 0.3 is 17.9 Å². The third-order valence-electron chi connectivity index (χ3n) is 13.7. The van der Waals surface area contributed by atoms with Crippen molar-refractivity contribution in [3.63, 3.8) is 0 Å². The third-order valence-corrected chi connectivity index (χ3v) is 13.7. The van der Waals surface area contributed by atoms with E-state index in [0.717, 1.165) is 83.5 Å². The number of allylic oxidation sites excluding steroid dienone is 10. The normalized spacial score (nSPS) is 12.4. The summed E-state index contributed by atoms with van der Waals surface area (Å²) < 4.78 is 16.9. The summed E-state index contributed by atoms with van der Waals surface area (Å²) in [7, 11) is 0. The number of esters is 3. The minimum Gasteiger partial charge on any atom is -0.462 e. The van der Waals surface area contributed by atoms with E-state index >= 15 is 0 Å². The Morgan fingerprint density at radius 1 is 0.292 bits per heavy atom. The summed E-state index contributed by atoms with van der Waals surface area (Å²) in [6.07, 6.45) is 76.6. The fraction of sp³-hybridized carbons (Fsp3) is 0.803. The molecule has 0 saturated heterocycles. The van der Waals surface area contributed by atoms with Gasteiger partial charge < -0.3 is 14.2 Å². The topological polar surface area (TPSA) is 78.9 Å². The molecule has 0 aromatic rings. The Morgan fingerprint density at radius 2 is 0.542 bits per heavy atom. The van der Waals surface area contributed by atoms with Crippen molar-refractivity contribution in [1.29, 1.82) is 0 Å². The molecule has 0 rings (SSSR count). The van der Waals surface area contributed by atoms with Gasteiger partial charge in [0.1, 0.15) is 13.2 Å². The monoisotopic (exact) mass is 1010 g/mol. The first-order valence-electron chi connectivity index (χ1n) is 31.3. The Morgan fingerprint density at radius 3 is 0.875 bits per heavy atom. The molecule has 1 atom stereocenters. The fourth-order valence-electron chi connectivity index (χ4n) is 9.04. The summed E-state index contributed by atoms with van der Waals surface area (Å²) in [5, 5.41) is 0. The van der Waals surface area contributed by atoms with E-state index in [-0.39, 0.29) is 31.1 Å². The zero-order valence-corrected chi connectivity index (χ0v) is 47.9. The molecule has 0 saturated carbocycles. The molecule has 72 heavy (non-hydrogen) atoms. The SMILES string of the molecule is CC/C=C\C/C=C\C/C=C\CCCCCC(=O)OCC(COC(=O)CCCCCCCCCCCCC/C=C\CCCCCCCCCC)OC(=O)CCCCCCCCC/C=C\CCCCCCCCC. The Bertz CT molecular complexity index is 1290. The summed E-state index contributed by atoms with van der Waals surface area (Å²) in [4.78, 5) is 38.2. The molecule has 0 N–H and O–H groups in total. The van der Waals surface area contributed by atoms with Crippen LogP contribution in [0.5, 0.6) is 0 Å². The Labute approximate surface area is 447 Å². The molecule has 0 aliphatic heterocycles. The van der Waals surface area contributed by atoms with Crippen molar-refractivity contribution in [3.05, 3.63) is 60.8 Å². The smallest absolute Gasteiger partial charge is 0.306 e. The molecule has 0 aromatic heterocycles. The van der Waals surface area contributed by atoms with Gasteiger partial charge in [-0.3, -0.25) is 14.4 Å². The summed E-state index contributed by atoms with van der Waals surface area (Å²) >= 11 is 0. The minimum atomic E-state index is -0.789. The van der Waals surface area contributed by atoms with Crippen molar-refractivity contribution in [2.45, 2.75) is 329 Å². The molecule has 0 aromatic carbocycles. The van der Waals surface area contributed by atoms with Crippen LogP contribution in [-0.2, 0) is 28.6 Å². The van der Waals surface area contributed by atoms with E-state index in [9.17, 15) is 14.4 Å². The van der Waals surface area contributed by atoms with Gasteiger partial charge in [0.05, 0.1) is 0 Å². The second-order valence-electron chi connectivity index (χ2n) is 20.9. The van der Waals surface area contributed by atoms with E-state index in [0.29, 0.717) is 19.3 Å². The lowest BCUT2D eigenvalue weighted by Gasteiger charge is -2.18. The van der Waals surface area contributed by atoms with Gasteiger partial charge in [0.25, 0.3) is 0 Å². The first kappa shape index (κ1) is 69.1. The molecule has 6 heteroatoms. The number of rotatable bonds is 57. The quantitative estimate of drug-likeness (QED) is 0.0261. The average molecular weight is 1010 g/mol. The maximum atomic E-state index is 12.9. The van der Waals surface area contributed by atoms with Gasteiger partial charge in [0.15, 0.2) is 6.10 Å². The van der Waals surface area contributed by atoms with Gasteiger partial charge in [-0.1, -0.05) is 261 Å². The van der Waals surface area contributed by atoms with Crippen LogP contribution in [-0.4, -0.2) is 37.2 Å². The van der Waals surface area contributed by atoms with Gasteiger partial charge in [-0.25, -0.2) is 0 Å². The largest absolute Gasteiger partial charge is 0.462 e. The van der Waals surface area contributed by atoms with Crippen molar-refractivity contribution in [2.75, 3.05) is 13.2 Å². The van der Waals surface area contributed by atoms with Crippen LogP contribution >= 0.6 is 0 Å². The molecular weight excluding hydrogens is 889 g/mol. The minimum absolute atomic E-state index is 0.0841. The maximum absolute atomic E-state index is 12.9. The lowest BCUT2D eigenvalue weighted by Crippen LogP contribution is -2.30. The van der Waals surface area contributed by atoms with Gasteiger partial charge in [0.2, 0.25) is 0 Å².